The van der Waals surface area contributed by atoms with Crippen molar-refractivity contribution < 1.29 is 18.7 Å². The Balaban J connectivity index is 1.85. The van der Waals surface area contributed by atoms with Crippen molar-refractivity contribution in [3.8, 4) is 5.75 Å². The van der Waals surface area contributed by atoms with E-state index in [9.17, 15) is 14.0 Å². The topological polar surface area (TPSA) is 58.6 Å². The molecule has 0 spiro atoms. The first-order chi connectivity index (χ1) is 13.4. The molecule has 0 aromatic heterocycles. The Morgan fingerprint density at radius 3 is 2.54 bits per heavy atom. The molecule has 7 heteroatoms. The highest BCUT2D eigenvalue weighted by molar-refractivity contribution is 6.31. The molecule has 0 radical (unpaired) electrons. The summed E-state index contributed by atoms with van der Waals surface area (Å²) in [4.78, 5) is 25.8. The lowest BCUT2D eigenvalue weighted by atomic mass is 10.2. The summed E-state index contributed by atoms with van der Waals surface area (Å²) in [5, 5.41) is 2.82. The highest BCUT2D eigenvalue weighted by atomic mass is 35.5. The molecule has 0 unspecified atom stereocenters. The van der Waals surface area contributed by atoms with E-state index in [-0.39, 0.29) is 35.5 Å². The van der Waals surface area contributed by atoms with Gasteiger partial charge in [0.05, 0.1) is 13.2 Å². The zero-order valence-electron chi connectivity index (χ0n) is 16.0. The van der Waals surface area contributed by atoms with Gasteiger partial charge in [0.1, 0.15) is 11.6 Å². The minimum absolute atomic E-state index is 0.0179. The molecule has 0 aliphatic rings. The molecule has 2 aromatic rings. The molecule has 0 heterocycles. The molecule has 0 fully saturated rings. The molecule has 0 bridgehead atoms. The predicted molar refractivity (Wildman–Crippen MR) is 107 cm³/mol. The number of nitrogens with zero attached hydrogens (tertiary/aromatic N) is 1. The van der Waals surface area contributed by atoms with Gasteiger partial charge in [0, 0.05) is 29.7 Å². The van der Waals surface area contributed by atoms with E-state index in [1.165, 1.54) is 24.1 Å². The first kappa shape index (κ1) is 21.7. The van der Waals surface area contributed by atoms with E-state index < -0.39 is 5.82 Å². The van der Waals surface area contributed by atoms with Crippen molar-refractivity contribution in [2.24, 2.45) is 0 Å². The average molecular weight is 407 g/mol. The summed E-state index contributed by atoms with van der Waals surface area (Å²) in [6.45, 7) is 2.54. The van der Waals surface area contributed by atoms with Gasteiger partial charge in [0.2, 0.25) is 5.91 Å². The molecule has 0 atom stereocenters. The van der Waals surface area contributed by atoms with Crippen LogP contribution in [-0.4, -0.2) is 36.9 Å². The molecule has 0 saturated carbocycles. The number of likely N-dealkylation sites (N-methyl/N-ethyl adjacent to an activating group) is 1. The lowest BCUT2D eigenvalue weighted by Gasteiger charge is -2.18. The van der Waals surface area contributed by atoms with Gasteiger partial charge in [0.15, 0.2) is 0 Å². The first-order valence-corrected chi connectivity index (χ1v) is 9.48. The monoisotopic (exact) mass is 406 g/mol. The number of unbranched alkanes of at least 4 members (excludes halogenated alkanes) is 1. The van der Waals surface area contributed by atoms with Crippen molar-refractivity contribution >= 4 is 23.4 Å². The molecular weight excluding hydrogens is 383 g/mol. The van der Waals surface area contributed by atoms with E-state index in [1.807, 2.05) is 0 Å². The Bertz CT molecular complexity index is 792. The lowest BCUT2D eigenvalue weighted by Crippen LogP contribution is -2.38. The molecule has 2 rings (SSSR count). The van der Waals surface area contributed by atoms with Gasteiger partial charge in [-0.05, 0) is 42.8 Å². The smallest absolute Gasteiger partial charge is 0.251 e. The third kappa shape index (κ3) is 6.23. The third-order valence-electron chi connectivity index (χ3n) is 4.17. The lowest BCUT2D eigenvalue weighted by molar-refractivity contribution is -0.129. The maximum absolute atomic E-state index is 13.8. The summed E-state index contributed by atoms with van der Waals surface area (Å²) < 4.78 is 19.4. The second kappa shape index (κ2) is 10.7. The highest BCUT2D eigenvalue weighted by Crippen LogP contribution is 2.20. The number of hydrogen-bond acceptors (Lipinski definition) is 3. The number of ether oxygens (including phenoxy) is 1. The number of carbonyl (C=O) groups is 2. The van der Waals surface area contributed by atoms with Gasteiger partial charge in [-0.25, -0.2) is 4.39 Å². The average Bonchev–Trinajstić information content (AvgIpc) is 2.69. The van der Waals surface area contributed by atoms with Crippen LogP contribution in [0.15, 0.2) is 42.5 Å². The Kier molecular flexibility index (Phi) is 8.26. The Morgan fingerprint density at radius 1 is 1.18 bits per heavy atom. The van der Waals surface area contributed by atoms with Gasteiger partial charge in [0.25, 0.3) is 5.91 Å². The zero-order valence-corrected chi connectivity index (χ0v) is 16.8. The molecular formula is C21H24ClFN2O3. The van der Waals surface area contributed by atoms with E-state index >= 15 is 0 Å². The van der Waals surface area contributed by atoms with Gasteiger partial charge in [-0.2, -0.15) is 0 Å². The second-order valence-electron chi connectivity index (χ2n) is 6.36. The molecule has 0 saturated heterocycles. The van der Waals surface area contributed by atoms with Crippen LogP contribution in [0.4, 0.5) is 4.39 Å². The summed E-state index contributed by atoms with van der Waals surface area (Å²) in [5.41, 5.74) is 0.667. The van der Waals surface area contributed by atoms with Gasteiger partial charge < -0.3 is 15.0 Å². The van der Waals surface area contributed by atoms with E-state index in [2.05, 4.69) is 12.2 Å². The fourth-order valence-corrected chi connectivity index (χ4v) is 2.66. The van der Waals surface area contributed by atoms with Gasteiger partial charge >= 0.3 is 0 Å². The molecule has 5 nitrogen and oxygen atoms in total. The normalized spacial score (nSPS) is 10.4. The number of nitrogens with one attached hydrogen (secondary N) is 1. The van der Waals surface area contributed by atoms with Crippen molar-refractivity contribution in [2.45, 2.75) is 26.3 Å². The van der Waals surface area contributed by atoms with Crippen LogP contribution in [-0.2, 0) is 11.3 Å². The molecule has 2 aromatic carbocycles. The molecule has 0 aliphatic heterocycles. The molecule has 1 N–H and O–H groups in total. The summed E-state index contributed by atoms with van der Waals surface area (Å²) in [6.07, 6.45) is 2.02. The minimum Gasteiger partial charge on any atom is -0.494 e. The van der Waals surface area contributed by atoms with E-state index in [1.54, 1.807) is 30.3 Å². The fourth-order valence-electron chi connectivity index (χ4n) is 2.44. The van der Waals surface area contributed by atoms with Crippen LogP contribution >= 0.6 is 11.6 Å². The Hall–Kier alpha value is -2.60. The molecule has 0 aliphatic carbocycles. The highest BCUT2D eigenvalue weighted by Gasteiger charge is 2.15. The van der Waals surface area contributed by atoms with Crippen molar-refractivity contribution in [3.63, 3.8) is 0 Å². The standard InChI is InChI=1S/C21H24ClFN2O3/c1-3-4-12-28-16-10-8-15(9-11-16)21(27)24-13-20(26)25(2)14-17-18(22)6-5-7-19(17)23/h5-11H,3-4,12-14H2,1-2H3,(H,24,27). The van der Waals surface area contributed by atoms with Crippen LogP contribution in [0.3, 0.4) is 0 Å². The summed E-state index contributed by atoms with van der Waals surface area (Å²) in [7, 11) is 1.53. The SMILES string of the molecule is CCCCOc1ccc(C(=O)NCC(=O)N(C)Cc2c(F)cccc2Cl)cc1. The minimum atomic E-state index is -0.475. The van der Waals surface area contributed by atoms with E-state index in [0.29, 0.717) is 17.9 Å². The van der Waals surface area contributed by atoms with E-state index in [0.717, 1.165) is 12.8 Å². The first-order valence-electron chi connectivity index (χ1n) is 9.10. The van der Waals surface area contributed by atoms with Crippen molar-refractivity contribution in [2.75, 3.05) is 20.2 Å². The maximum atomic E-state index is 13.8. The maximum Gasteiger partial charge on any atom is 0.251 e. The molecule has 150 valence electrons. The van der Waals surface area contributed by atoms with Crippen LogP contribution in [0, 0.1) is 5.82 Å². The van der Waals surface area contributed by atoms with Crippen LogP contribution in [0.2, 0.25) is 5.02 Å². The Morgan fingerprint density at radius 2 is 1.89 bits per heavy atom. The number of benzene rings is 2. The predicted octanol–water partition coefficient (Wildman–Crippen LogP) is 4.05. The molecule has 28 heavy (non-hydrogen) atoms. The largest absolute Gasteiger partial charge is 0.494 e. The summed E-state index contributed by atoms with van der Waals surface area (Å²) in [5.74, 6) is -0.502. The fraction of sp³-hybridized carbons (Fsp3) is 0.333. The molecule has 2 amide bonds. The number of amides is 2. The van der Waals surface area contributed by atoms with Crippen LogP contribution < -0.4 is 10.1 Å². The van der Waals surface area contributed by atoms with Gasteiger partial charge in [-0.3, -0.25) is 9.59 Å². The van der Waals surface area contributed by atoms with Crippen LogP contribution in [0.25, 0.3) is 0 Å². The Labute approximate surface area is 169 Å². The van der Waals surface area contributed by atoms with Gasteiger partial charge in [-0.15, -0.1) is 0 Å². The van der Waals surface area contributed by atoms with Crippen molar-refractivity contribution in [1.82, 2.24) is 10.2 Å². The second-order valence-corrected chi connectivity index (χ2v) is 6.77. The van der Waals surface area contributed by atoms with Gasteiger partial charge in [-0.1, -0.05) is 31.0 Å². The van der Waals surface area contributed by atoms with Crippen LogP contribution in [0.5, 0.6) is 5.75 Å². The third-order valence-corrected chi connectivity index (χ3v) is 4.52. The summed E-state index contributed by atoms with van der Waals surface area (Å²) in [6, 6.07) is 11.1. The quantitative estimate of drug-likeness (QED) is 0.639. The number of hydrogen-bond donors (Lipinski definition) is 1. The number of carbonyl (C=O) groups excluding carboxylic acids is 2. The van der Waals surface area contributed by atoms with Crippen molar-refractivity contribution in [3.05, 3.63) is 64.4 Å². The number of rotatable bonds is 9. The van der Waals surface area contributed by atoms with Crippen LogP contribution in [0.1, 0.15) is 35.7 Å². The van der Waals surface area contributed by atoms with Crippen molar-refractivity contribution in [1.29, 1.82) is 0 Å². The zero-order chi connectivity index (χ0) is 20.5. The van der Waals surface area contributed by atoms with E-state index in [4.69, 9.17) is 16.3 Å². The summed E-state index contributed by atoms with van der Waals surface area (Å²) >= 11 is 5.98. The number of halogens is 2.